The number of aryl methyl sites for hydroxylation is 1. The molecule has 4 heteroatoms. The van der Waals surface area contributed by atoms with Crippen LogP contribution >= 0.6 is 0 Å². The van der Waals surface area contributed by atoms with Gasteiger partial charge in [-0.1, -0.05) is 0 Å². The van der Waals surface area contributed by atoms with Crippen LogP contribution in [0, 0.1) is 5.82 Å². The van der Waals surface area contributed by atoms with Gasteiger partial charge < -0.3 is 5.32 Å². The maximum Gasteiger partial charge on any atom is 0.225 e. The minimum Gasteiger partial charge on any atom is -0.310 e. The Morgan fingerprint density at radius 2 is 2.33 bits per heavy atom. The van der Waals surface area contributed by atoms with Crippen LogP contribution in [0.15, 0.2) is 12.3 Å². The number of amides is 1. The number of anilines is 1. The number of aromatic nitrogens is 1. The van der Waals surface area contributed by atoms with E-state index in [1.165, 1.54) is 6.07 Å². The number of hydrogen-bond donors (Lipinski definition) is 1. The third kappa shape index (κ3) is 1.15. The van der Waals surface area contributed by atoms with Crippen molar-refractivity contribution in [2.45, 2.75) is 12.8 Å². The Bertz CT molecular complexity index is 338. The molecule has 2 rings (SSSR count). The molecule has 0 saturated carbocycles. The number of nitrogens with zero attached hydrogens (tertiary/aromatic N) is 1. The molecule has 12 heavy (non-hydrogen) atoms. The Kier molecular flexibility index (Phi) is 1.53. The molecule has 1 aliphatic rings. The number of halogens is 1. The summed E-state index contributed by atoms with van der Waals surface area (Å²) in [5.41, 5.74) is 0.773. The molecule has 1 aromatic heterocycles. The van der Waals surface area contributed by atoms with Crippen LogP contribution in [0.5, 0.6) is 0 Å². The molecule has 1 N–H and O–H groups in total. The average Bonchev–Trinajstić information content (AvgIpc) is 2.05. The highest BCUT2D eigenvalue weighted by Crippen LogP contribution is 2.19. The predicted molar refractivity (Wildman–Crippen MR) is 41.1 cm³/mol. The summed E-state index contributed by atoms with van der Waals surface area (Å²) >= 11 is 0. The number of carbonyl (C=O) groups excluding carboxylic acids is 1. The van der Waals surface area contributed by atoms with E-state index in [0.29, 0.717) is 18.7 Å². The molecule has 0 atom stereocenters. The molecule has 0 bridgehead atoms. The van der Waals surface area contributed by atoms with Crippen LogP contribution < -0.4 is 5.32 Å². The molecule has 0 aromatic carbocycles. The normalized spacial score (nSPS) is 15.2. The third-order valence-electron chi connectivity index (χ3n) is 1.81. The van der Waals surface area contributed by atoms with E-state index in [1.54, 1.807) is 0 Å². The maximum absolute atomic E-state index is 12.6. The van der Waals surface area contributed by atoms with Crippen molar-refractivity contribution in [3.63, 3.8) is 0 Å². The van der Waals surface area contributed by atoms with E-state index in [2.05, 4.69) is 10.3 Å². The molecule has 2 heterocycles. The number of pyridine rings is 1. The summed E-state index contributed by atoms with van der Waals surface area (Å²) in [5, 5.41) is 2.57. The average molecular weight is 166 g/mol. The third-order valence-corrected chi connectivity index (χ3v) is 1.81. The van der Waals surface area contributed by atoms with Crippen molar-refractivity contribution in [2.24, 2.45) is 0 Å². The highest BCUT2D eigenvalue weighted by atomic mass is 19.1. The SMILES string of the molecule is O=C1CCc2cc(F)cnc2N1. The van der Waals surface area contributed by atoms with Gasteiger partial charge in [-0.25, -0.2) is 9.37 Å². The first kappa shape index (κ1) is 7.21. The van der Waals surface area contributed by atoms with Gasteiger partial charge in [-0.3, -0.25) is 4.79 Å². The zero-order valence-corrected chi connectivity index (χ0v) is 6.30. The number of rotatable bonds is 0. The highest BCUT2D eigenvalue weighted by molar-refractivity contribution is 5.92. The summed E-state index contributed by atoms with van der Waals surface area (Å²) in [7, 11) is 0. The number of nitrogens with one attached hydrogen (secondary N) is 1. The lowest BCUT2D eigenvalue weighted by Gasteiger charge is -2.14. The Labute approximate surface area is 68.6 Å². The zero-order chi connectivity index (χ0) is 8.55. The van der Waals surface area contributed by atoms with Gasteiger partial charge in [0.05, 0.1) is 6.20 Å². The molecule has 1 aliphatic heterocycles. The van der Waals surface area contributed by atoms with Gasteiger partial charge in [0, 0.05) is 6.42 Å². The van der Waals surface area contributed by atoms with E-state index in [9.17, 15) is 9.18 Å². The minimum atomic E-state index is -0.357. The van der Waals surface area contributed by atoms with Crippen LogP contribution in [0.3, 0.4) is 0 Å². The molecule has 0 spiro atoms. The van der Waals surface area contributed by atoms with Gasteiger partial charge in [-0.15, -0.1) is 0 Å². The van der Waals surface area contributed by atoms with Gasteiger partial charge in [0.15, 0.2) is 0 Å². The lowest BCUT2D eigenvalue weighted by atomic mass is 10.1. The van der Waals surface area contributed by atoms with E-state index in [1.807, 2.05) is 0 Å². The Hall–Kier alpha value is -1.45. The molecule has 0 saturated heterocycles. The second-order valence-electron chi connectivity index (χ2n) is 2.71. The molecule has 1 aromatic rings. The molecule has 1 amide bonds. The molecular formula is C8H7FN2O. The largest absolute Gasteiger partial charge is 0.310 e. The monoisotopic (exact) mass is 166 g/mol. The number of hydrogen-bond acceptors (Lipinski definition) is 2. The molecule has 62 valence electrons. The van der Waals surface area contributed by atoms with Crippen LogP contribution in [-0.2, 0) is 11.2 Å². The standard InChI is InChI=1S/C8H7FN2O/c9-6-3-5-1-2-7(12)11-8(5)10-4-6/h3-4H,1-2H2,(H,10,11,12). The first-order chi connectivity index (χ1) is 5.75. The van der Waals surface area contributed by atoms with Gasteiger partial charge >= 0.3 is 0 Å². The summed E-state index contributed by atoms with van der Waals surface area (Å²) in [6.07, 6.45) is 2.09. The van der Waals surface area contributed by atoms with Crippen molar-refractivity contribution in [2.75, 3.05) is 5.32 Å². The molecule has 3 nitrogen and oxygen atoms in total. The highest BCUT2D eigenvalue weighted by Gasteiger charge is 2.15. The van der Waals surface area contributed by atoms with Crippen molar-refractivity contribution in [1.82, 2.24) is 4.98 Å². The summed E-state index contributed by atoms with van der Waals surface area (Å²) in [4.78, 5) is 14.6. The number of carbonyl (C=O) groups is 1. The zero-order valence-electron chi connectivity index (χ0n) is 6.30. The van der Waals surface area contributed by atoms with Gasteiger partial charge in [0.25, 0.3) is 0 Å². The fourth-order valence-electron chi connectivity index (χ4n) is 1.23. The summed E-state index contributed by atoms with van der Waals surface area (Å²) in [5.74, 6) is 0.0826. The van der Waals surface area contributed by atoms with Crippen LogP contribution in [0.1, 0.15) is 12.0 Å². The maximum atomic E-state index is 12.6. The van der Waals surface area contributed by atoms with Gasteiger partial charge in [-0.2, -0.15) is 0 Å². The van der Waals surface area contributed by atoms with Gasteiger partial charge in [0.2, 0.25) is 5.91 Å². The first-order valence-corrected chi connectivity index (χ1v) is 3.70. The van der Waals surface area contributed by atoms with Crippen LogP contribution in [-0.4, -0.2) is 10.9 Å². The lowest BCUT2D eigenvalue weighted by Crippen LogP contribution is -2.20. The predicted octanol–water partition coefficient (Wildman–Crippen LogP) is 1.11. The topological polar surface area (TPSA) is 42.0 Å². The second kappa shape index (κ2) is 2.55. The van der Waals surface area contributed by atoms with Crippen molar-refractivity contribution in [3.05, 3.63) is 23.6 Å². The van der Waals surface area contributed by atoms with E-state index < -0.39 is 0 Å². The fraction of sp³-hybridized carbons (Fsp3) is 0.250. The Morgan fingerprint density at radius 1 is 1.50 bits per heavy atom. The molecule has 0 fully saturated rings. The smallest absolute Gasteiger partial charge is 0.225 e. The van der Waals surface area contributed by atoms with E-state index >= 15 is 0 Å². The lowest BCUT2D eigenvalue weighted by molar-refractivity contribution is -0.116. The second-order valence-corrected chi connectivity index (χ2v) is 2.71. The molecule has 0 radical (unpaired) electrons. The molecule has 0 aliphatic carbocycles. The first-order valence-electron chi connectivity index (χ1n) is 3.70. The Morgan fingerprint density at radius 3 is 3.17 bits per heavy atom. The van der Waals surface area contributed by atoms with Crippen molar-refractivity contribution < 1.29 is 9.18 Å². The summed E-state index contributed by atoms with van der Waals surface area (Å²) in [6.45, 7) is 0. The van der Waals surface area contributed by atoms with Crippen molar-refractivity contribution >= 4 is 11.7 Å². The molecule has 0 unspecified atom stereocenters. The fourth-order valence-corrected chi connectivity index (χ4v) is 1.23. The van der Waals surface area contributed by atoms with E-state index in [-0.39, 0.29) is 11.7 Å². The van der Waals surface area contributed by atoms with E-state index in [0.717, 1.165) is 11.8 Å². The van der Waals surface area contributed by atoms with Gasteiger partial charge in [-0.05, 0) is 18.1 Å². The van der Waals surface area contributed by atoms with Crippen molar-refractivity contribution in [3.8, 4) is 0 Å². The van der Waals surface area contributed by atoms with Crippen LogP contribution in [0.4, 0.5) is 10.2 Å². The summed E-state index contributed by atoms with van der Waals surface area (Å²) in [6, 6.07) is 1.40. The van der Waals surface area contributed by atoms with Crippen LogP contribution in [0.25, 0.3) is 0 Å². The van der Waals surface area contributed by atoms with Crippen molar-refractivity contribution in [1.29, 1.82) is 0 Å². The Balaban J connectivity index is 2.43. The summed E-state index contributed by atoms with van der Waals surface area (Å²) < 4.78 is 12.6. The quantitative estimate of drug-likeness (QED) is 0.627. The number of fused-ring (bicyclic) bond motifs is 1. The van der Waals surface area contributed by atoms with Crippen LogP contribution in [0.2, 0.25) is 0 Å². The minimum absolute atomic E-state index is 0.0541. The van der Waals surface area contributed by atoms with E-state index in [4.69, 9.17) is 0 Å². The van der Waals surface area contributed by atoms with Gasteiger partial charge in [0.1, 0.15) is 11.6 Å². The molecular weight excluding hydrogens is 159 g/mol.